The molecule has 0 heterocycles. The molecule has 3 heteroatoms. The fraction of sp³-hybridized carbons (Fsp3) is 0.739. The van der Waals surface area contributed by atoms with Gasteiger partial charge in [0, 0.05) is 13.2 Å². The minimum atomic E-state index is -2.28. The summed E-state index contributed by atoms with van der Waals surface area (Å²) in [5.41, 5.74) is 0. The van der Waals surface area contributed by atoms with Gasteiger partial charge in [-0.15, -0.1) is 0 Å². The molecule has 2 nitrogen and oxygen atoms in total. The summed E-state index contributed by atoms with van der Waals surface area (Å²) in [5.74, 6) is 0. The zero-order chi connectivity index (χ0) is 18.9. The summed E-state index contributed by atoms with van der Waals surface area (Å²) in [6, 6.07) is 10.6. The highest BCUT2D eigenvalue weighted by atomic mass is 28.4. The summed E-state index contributed by atoms with van der Waals surface area (Å²) < 4.78 is 12.8. The van der Waals surface area contributed by atoms with E-state index in [2.05, 4.69) is 50.7 Å². The fourth-order valence-corrected chi connectivity index (χ4v) is 5.53. The average Bonchev–Trinajstić information content (AvgIpc) is 2.67. The highest BCUT2D eigenvalue weighted by Gasteiger charge is 2.33. The standard InChI is InChI=1S/C23H42O2Si/c1-4-6-8-10-12-17-21-24-26(3,23-19-15-14-16-20-23)25-22-18-13-11-9-7-5-2/h14-16,19-20H,4-13,17-18,21-22H2,1-3H3. The molecule has 0 N–H and O–H groups in total. The van der Waals surface area contributed by atoms with Gasteiger partial charge in [0.1, 0.15) is 0 Å². The Kier molecular flexibility index (Phi) is 13.9. The van der Waals surface area contributed by atoms with Crippen molar-refractivity contribution in [3.05, 3.63) is 30.3 Å². The normalized spacial score (nSPS) is 11.8. The van der Waals surface area contributed by atoms with Crippen LogP contribution >= 0.6 is 0 Å². The molecule has 0 unspecified atom stereocenters. The van der Waals surface area contributed by atoms with Crippen LogP contribution in [0.1, 0.15) is 90.9 Å². The first kappa shape index (κ1) is 23.4. The Morgan fingerprint density at radius 3 is 1.50 bits per heavy atom. The van der Waals surface area contributed by atoms with E-state index in [9.17, 15) is 0 Å². The van der Waals surface area contributed by atoms with Gasteiger partial charge in [-0.25, -0.2) is 0 Å². The van der Waals surface area contributed by atoms with E-state index in [0.29, 0.717) is 0 Å². The molecular weight excluding hydrogens is 336 g/mol. The lowest BCUT2D eigenvalue weighted by Crippen LogP contribution is -2.51. The lowest BCUT2D eigenvalue weighted by Gasteiger charge is -2.27. The van der Waals surface area contributed by atoms with Gasteiger partial charge in [0.05, 0.1) is 0 Å². The molecule has 150 valence electrons. The quantitative estimate of drug-likeness (QED) is 0.221. The lowest BCUT2D eigenvalue weighted by atomic mass is 10.1. The molecule has 0 radical (unpaired) electrons. The van der Waals surface area contributed by atoms with E-state index in [-0.39, 0.29) is 0 Å². The van der Waals surface area contributed by atoms with Gasteiger partial charge < -0.3 is 8.85 Å². The Balaban J connectivity index is 2.35. The van der Waals surface area contributed by atoms with Crippen LogP contribution in [0, 0.1) is 0 Å². The van der Waals surface area contributed by atoms with Gasteiger partial charge in [0.25, 0.3) is 0 Å². The number of hydrogen-bond donors (Lipinski definition) is 0. The van der Waals surface area contributed by atoms with Gasteiger partial charge in [0.15, 0.2) is 0 Å². The van der Waals surface area contributed by atoms with Crippen LogP contribution in [-0.4, -0.2) is 21.8 Å². The molecule has 0 aliphatic rings. The first-order chi connectivity index (χ1) is 12.7. The molecule has 0 aliphatic carbocycles. The molecule has 0 aliphatic heterocycles. The van der Waals surface area contributed by atoms with Crippen LogP contribution < -0.4 is 5.19 Å². The first-order valence-electron chi connectivity index (χ1n) is 11.1. The molecule has 0 saturated carbocycles. The highest BCUT2D eigenvalue weighted by Crippen LogP contribution is 2.13. The molecule has 1 aromatic rings. The monoisotopic (exact) mass is 378 g/mol. The molecule has 0 fully saturated rings. The van der Waals surface area contributed by atoms with E-state index < -0.39 is 8.56 Å². The smallest absolute Gasteiger partial charge is 0.369 e. The maximum atomic E-state index is 6.38. The van der Waals surface area contributed by atoms with E-state index in [1.165, 1.54) is 69.4 Å². The number of benzene rings is 1. The van der Waals surface area contributed by atoms with Crippen molar-refractivity contribution < 1.29 is 8.85 Å². The number of rotatable bonds is 17. The second-order valence-corrected chi connectivity index (χ2v) is 10.6. The third kappa shape index (κ3) is 10.5. The summed E-state index contributed by atoms with van der Waals surface area (Å²) in [6.45, 7) is 8.42. The second kappa shape index (κ2) is 15.4. The van der Waals surface area contributed by atoms with E-state index in [1.807, 2.05) is 0 Å². The zero-order valence-electron chi connectivity index (χ0n) is 17.6. The summed E-state index contributed by atoms with van der Waals surface area (Å²) in [6.07, 6.45) is 15.6. The number of hydrogen-bond acceptors (Lipinski definition) is 2. The predicted molar refractivity (Wildman–Crippen MR) is 116 cm³/mol. The molecule has 0 saturated heterocycles. The third-order valence-corrected chi connectivity index (χ3v) is 7.94. The molecule has 0 spiro atoms. The molecular formula is C23H42O2Si. The SMILES string of the molecule is CCCCCCCCO[Si](C)(OCCCCCCCC)c1ccccc1. The Bertz CT molecular complexity index is 403. The Hall–Kier alpha value is -0.643. The minimum absolute atomic E-state index is 0.834. The summed E-state index contributed by atoms with van der Waals surface area (Å²) in [5, 5.41) is 1.26. The molecule has 0 aromatic heterocycles. The van der Waals surface area contributed by atoms with Crippen molar-refractivity contribution in [2.24, 2.45) is 0 Å². The largest absolute Gasteiger partial charge is 0.391 e. The Labute approximate surface area is 163 Å². The first-order valence-corrected chi connectivity index (χ1v) is 13.4. The lowest BCUT2D eigenvalue weighted by molar-refractivity contribution is 0.178. The van der Waals surface area contributed by atoms with Crippen LogP contribution in [0.3, 0.4) is 0 Å². The zero-order valence-corrected chi connectivity index (χ0v) is 18.6. The van der Waals surface area contributed by atoms with E-state index in [4.69, 9.17) is 8.85 Å². The van der Waals surface area contributed by atoms with Gasteiger partial charge in [-0.2, -0.15) is 0 Å². The van der Waals surface area contributed by atoms with Crippen molar-refractivity contribution in [3.8, 4) is 0 Å². The minimum Gasteiger partial charge on any atom is -0.391 e. The third-order valence-electron chi connectivity index (χ3n) is 5.05. The van der Waals surface area contributed by atoms with Crippen LogP contribution in [-0.2, 0) is 8.85 Å². The molecule has 26 heavy (non-hydrogen) atoms. The van der Waals surface area contributed by atoms with Gasteiger partial charge in [-0.1, -0.05) is 108 Å². The molecule has 1 rings (SSSR count). The molecule has 0 atom stereocenters. The van der Waals surface area contributed by atoms with Crippen LogP contribution in [0.25, 0.3) is 0 Å². The maximum Gasteiger partial charge on any atom is 0.369 e. The van der Waals surface area contributed by atoms with Crippen molar-refractivity contribution in [1.29, 1.82) is 0 Å². The van der Waals surface area contributed by atoms with Crippen molar-refractivity contribution in [1.82, 2.24) is 0 Å². The van der Waals surface area contributed by atoms with Gasteiger partial charge >= 0.3 is 8.56 Å². The Morgan fingerprint density at radius 1 is 0.615 bits per heavy atom. The van der Waals surface area contributed by atoms with Gasteiger partial charge in [0.2, 0.25) is 0 Å². The van der Waals surface area contributed by atoms with Gasteiger partial charge in [-0.3, -0.25) is 0 Å². The van der Waals surface area contributed by atoms with Crippen molar-refractivity contribution >= 4 is 13.7 Å². The fourth-order valence-electron chi connectivity index (χ4n) is 3.25. The maximum absolute atomic E-state index is 6.38. The molecule has 1 aromatic carbocycles. The van der Waals surface area contributed by atoms with Crippen LogP contribution in [0.2, 0.25) is 6.55 Å². The van der Waals surface area contributed by atoms with Crippen LogP contribution in [0.4, 0.5) is 0 Å². The molecule has 0 amide bonds. The van der Waals surface area contributed by atoms with Crippen LogP contribution in [0.15, 0.2) is 30.3 Å². The topological polar surface area (TPSA) is 18.5 Å². The van der Waals surface area contributed by atoms with E-state index in [0.717, 1.165) is 26.1 Å². The molecule has 0 bridgehead atoms. The highest BCUT2D eigenvalue weighted by molar-refractivity contribution is 6.79. The van der Waals surface area contributed by atoms with Gasteiger partial charge in [-0.05, 0) is 24.6 Å². The predicted octanol–water partition coefficient (Wildman–Crippen LogP) is 6.72. The summed E-state index contributed by atoms with van der Waals surface area (Å²) >= 11 is 0. The Morgan fingerprint density at radius 2 is 1.04 bits per heavy atom. The average molecular weight is 379 g/mol. The van der Waals surface area contributed by atoms with Crippen molar-refractivity contribution in [2.45, 2.75) is 97.4 Å². The van der Waals surface area contributed by atoms with Crippen LogP contribution in [0.5, 0.6) is 0 Å². The van der Waals surface area contributed by atoms with E-state index >= 15 is 0 Å². The van der Waals surface area contributed by atoms with E-state index in [1.54, 1.807) is 0 Å². The summed E-state index contributed by atoms with van der Waals surface area (Å²) in [7, 11) is -2.28. The van der Waals surface area contributed by atoms with Crippen molar-refractivity contribution in [3.63, 3.8) is 0 Å². The van der Waals surface area contributed by atoms with Crippen molar-refractivity contribution in [2.75, 3.05) is 13.2 Å². The number of unbranched alkanes of at least 4 members (excludes halogenated alkanes) is 10. The second-order valence-electron chi connectivity index (χ2n) is 7.54. The summed E-state index contributed by atoms with van der Waals surface area (Å²) in [4.78, 5) is 0.